The Morgan fingerprint density at radius 1 is 1.29 bits per heavy atom. The molecular weight excluding hydrogens is 180 g/mol. The summed E-state index contributed by atoms with van der Waals surface area (Å²) >= 11 is 0. The van der Waals surface area contributed by atoms with Crippen LogP contribution < -0.4 is 11.1 Å². The number of nitrogens with two attached hydrogens (primary N) is 1. The summed E-state index contributed by atoms with van der Waals surface area (Å²) in [6, 6.07) is 0. The molecule has 4 heteroatoms. The molecule has 0 radical (unpaired) electrons. The molecule has 1 fully saturated rings. The molecule has 3 N–H and O–H groups in total. The SMILES string of the molecule is CNC(=O)C1C2C=CC(C2)C1C(N)=O. The topological polar surface area (TPSA) is 72.2 Å². The molecule has 0 aromatic rings. The second-order valence-electron chi connectivity index (χ2n) is 4.02. The van der Waals surface area contributed by atoms with Gasteiger partial charge in [-0.25, -0.2) is 0 Å². The highest BCUT2D eigenvalue weighted by Crippen LogP contribution is 2.47. The monoisotopic (exact) mass is 194 g/mol. The molecule has 4 nitrogen and oxygen atoms in total. The Bertz CT molecular complexity index is 311. The first-order chi connectivity index (χ1) is 6.65. The van der Waals surface area contributed by atoms with E-state index in [9.17, 15) is 9.59 Å². The van der Waals surface area contributed by atoms with Crippen molar-refractivity contribution in [2.24, 2.45) is 29.4 Å². The number of allylic oxidation sites excluding steroid dienone is 2. The molecule has 1 saturated carbocycles. The minimum absolute atomic E-state index is 0.0642. The Balaban J connectivity index is 2.26. The molecule has 14 heavy (non-hydrogen) atoms. The predicted molar refractivity (Wildman–Crippen MR) is 51.0 cm³/mol. The second-order valence-corrected chi connectivity index (χ2v) is 4.02. The zero-order valence-electron chi connectivity index (χ0n) is 8.07. The largest absolute Gasteiger partial charge is 0.369 e. The van der Waals surface area contributed by atoms with Crippen molar-refractivity contribution in [3.05, 3.63) is 12.2 Å². The molecule has 2 aliphatic carbocycles. The van der Waals surface area contributed by atoms with Crippen LogP contribution in [0, 0.1) is 23.7 Å². The van der Waals surface area contributed by atoms with Crippen LogP contribution in [0.2, 0.25) is 0 Å². The highest BCUT2D eigenvalue weighted by Gasteiger charge is 2.50. The number of amides is 2. The Labute approximate surface area is 82.5 Å². The summed E-state index contributed by atoms with van der Waals surface area (Å²) in [4.78, 5) is 22.8. The fourth-order valence-electron chi connectivity index (χ4n) is 2.73. The molecule has 0 aromatic carbocycles. The summed E-state index contributed by atoms with van der Waals surface area (Å²) in [5.74, 6) is -0.573. The molecule has 2 amide bonds. The minimum atomic E-state index is -0.351. The first-order valence-corrected chi connectivity index (χ1v) is 4.84. The van der Waals surface area contributed by atoms with Crippen molar-refractivity contribution in [2.75, 3.05) is 7.05 Å². The fraction of sp³-hybridized carbons (Fsp3) is 0.600. The Morgan fingerprint density at radius 2 is 1.86 bits per heavy atom. The van der Waals surface area contributed by atoms with E-state index in [0.717, 1.165) is 6.42 Å². The van der Waals surface area contributed by atoms with Crippen LogP contribution in [0.3, 0.4) is 0 Å². The first-order valence-electron chi connectivity index (χ1n) is 4.84. The molecule has 0 aromatic heterocycles. The maximum atomic E-state index is 11.6. The van der Waals surface area contributed by atoms with Crippen LogP contribution in [0.4, 0.5) is 0 Å². The van der Waals surface area contributed by atoms with E-state index < -0.39 is 0 Å². The van der Waals surface area contributed by atoms with Gasteiger partial charge in [-0.15, -0.1) is 0 Å². The van der Waals surface area contributed by atoms with Crippen molar-refractivity contribution in [2.45, 2.75) is 6.42 Å². The fourth-order valence-corrected chi connectivity index (χ4v) is 2.73. The van der Waals surface area contributed by atoms with Crippen LogP contribution in [-0.2, 0) is 9.59 Å². The molecule has 0 saturated heterocycles. The van der Waals surface area contributed by atoms with Crippen LogP contribution in [0.1, 0.15) is 6.42 Å². The van der Waals surface area contributed by atoms with Gasteiger partial charge in [0.2, 0.25) is 11.8 Å². The number of fused-ring (bicyclic) bond motifs is 2. The average molecular weight is 194 g/mol. The third-order valence-electron chi connectivity index (χ3n) is 3.34. The number of carbonyl (C=O) groups is 2. The standard InChI is InChI=1S/C10H14N2O2/c1-12-10(14)8-6-3-2-5(4-6)7(8)9(11)13/h2-3,5-8H,4H2,1H3,(H2,11,13)(H,12,14). The lowest BCUT2D eigenvalue weighted by Crippen LogP contribution is -2.41. The van der Waals surface area contributed by atoms with E-state index in [0.29, 0.717) is 0 Å². The Morgan fingerprint density at radius 3 is 2.36 bits per heavy atom. The highest BCUT2D eigenvalue weighted by molar-refractivity contribution is 5.88. The molecule has 4 atom stereocenters. The van der Waals surface area contributed by atoms with Crippen molar-refractivity contribution in [3.8, 4) is 0 Å². The summed E-state index contributed by atoms with van der Waals surface area (Å²) in [5, 5.41) is 2.60. The zero-order valence-corrected chi connectivity index (χ0v) is 8.07. The molecule has 76 valence electrons. The lowest BCUT2D eigenvalue weighted by Gasteiger charge is -2.23. The number of hydrogen-bond donors (Lipinski definition) is 2. The first kappa shape index (κ1) is 9.24. The van der Waals surface area contributed by atoms with Gasteiger partial charge >= 0.3 is 0 Å². The third kappa shape index (κ3) is 1.14. The highest BCUT2D eigenvalue weighted by atomic mass is 16.2. The van der Waals surface area contributed by atoms with E-state index in [-0.39, 0.29) is 35.5 Å². The van der Waals surface area contributed by atoms with Gasteiger partial charge in [-0.3, -0.25) is 9.59 Å². The van der Waals surface area contributed by atoms with E-state index in [1.165, 1.54) is 0 Å². The molecule has 0 heterocycles. The van der Waals surface area contributed by atoms with Crippen molar-refractivity contribution >= 4 is 11.8 Å². The average Bonchev–Trinajstić information content (AvgIpc) is 2.74. The molecule has 0 aliphatic heterocycles. The lowest BCUT2D eigenvalue weighted by molar-refractivity contribution is -0.133. The van der Waals surface area contributed by atoms with Gasteiger partial charge in [0.25, 0.3) is 0 Å². The molecular formula is C10H14N2O2. The number of hydrogen-bond acceptors (Lipinski definition) is 2. The van der Waals surface area contributed by atoms with Crippen molar-refractivity contribution < 1.29 is 9.59 Å². The normalized spacial score (nSPS) is 38.6. The summed E-state index contributed by atoms with van der Waals surface area (Å²) in [5.41, 5.74) is 5.31. The van der Waals surface area contributed by atoms with Gasteiger partial charge in [0.05, 0.1) is 11.8 Å². The third-order valence-corrected chi connectivity index (χ3v) is 3.34. The summed E-state index contributed by atoms with van der Waals surface area (Å²) < 4.78 is 0. The van der Waals surface area contributed by atoms with Gasteiger partial charge in [0, 0.05) is 7.05 Å². The van der Waals surface area contributed by atoms with E-state index in [2.05, 4.69) is 5.32 Å². The maximum absolute atomic E-state index is 11.6. The van der Waals surface area contributed by atoms with Gasteiger partial charge < -0.3 is 11.1 Å². The summed E-state index contributed by atoms with van der Waals surface area (Å²) in [7, 11) is 1.59. The van der Waals surface area contributed by atoms with Crippen LogP contribution in [0.15, 0.2) is 12.2 Å². The van der Waals surface area contributed by atoms with Crippen LogP contribution >= 0.6 is 0 Å². The smallest absolute Gasteiger partial charge is 0.224 e. The van der Waals surface area contributed by atoms with Gasteiger partial charge in [0.15, 0.2) is 0 Å². The molecule has 2 bridgehead atoms. The van der Waals surface area contributed by atoms with Crippen LogP contribution in [0.5, 0.6) is 0 Å². The van der Waals surface area contributed by atoms with Crippen LogP contribution in [0.25, 0.3) is 0 Å². The van der Waals surface area contributed by atoms with Gasteiger partial charge in [-0.2, -0.15) is 0 Å². The summed E-state index contributed by atoms with van der Waals surface area (Å²) in [6.07, 6.45) is 4.94. The molecule has 2 rings (SSSR count). The predicted octanol–water partition coefficient (Wildman–Crippen LogP) is -0.344. The van der Waals surface area contributed by atoms with Crippen molar-refractivity contribution in [3.63, 3.8) is 0 Å². The van der Waals surface area contributed by atoms with Crippen LogP contribution in [-0.4, -0.2) is 18.9 Å². The number of nitrogens with one attached hydrogen (secondary N) is 1. The number of rotatable bonds is 2. The van der Waals surface area contributed by atoms with Crippen molar-refractivity contribution in [1.82, 2.24) is 5.32 Å². The van der Waals surface area contributed by atoms with E-state index in [4.69, 9.17) is 5.73 Å². The maximum Gasteiger partial charge on any atom is 0.224 e. The van der Waals surface area contributed by atoms with Gasteiger partial charge in [-0.05, 0) is 18.3 Å². The van der Waals surface area contributed by atoms with E-state index in [1.807, 2.05) is 12.2 Å². The van der Waals surface area contributed by atoms with Gasteiger partial charge in [0.1, 0.15) is 0 Å². The Kier molecular flexibility index (Phi) is 2.06. The van der Waals surface area contributed by atoms with E-state index >= 15 is 0 Å². The second kappa shape index (κ2) is 3.12. The molecule has 0 spiro atoms. The van der Waals surface area contributed by atoms with Crippen molar-refractivity contribution in [1.29, 1.82) is 0 Å². The molecule has 2 aliphatic rings. The Hall–Kier alpha value is -1.32. The zero-order chi connectivity index (χ0) is 10.3. The van der Waals surface area contributed by atoms with Gasteiger partial charge in [-0.1, -0.05) is 12.2 Å². The summed E-state index contributed by atoms with van der Waals surface area (Å²) in [6.45, 7) is 0. The number of carbonyl (C=O) groups excluding carboxylic acids is 2. The number of primary amides is 1. The van der Waals surface area contributed by atoms with E-state index in [1.54, 1.807) is 7.05 Å². The minimum Gasteiger partial charge on any atom is -0.369 e. The lowest BCUT2D eigenvalue weighted by atomic mass is 9.82. The molecule has 4 unspecified atom stereocenters. The quantitative estimate of drug-likeness (QED) is 0.590.